The summed E-state index contributed by atoms with van der Waals surface area (Å²) in [5.74, 6) is 1.19. The molecule has 0 bridgehead atoms. The predicted octanol–water partition coefficient (Wildman–Crippen LogP) is 3.51. The van der Waals surface area contributed by atoms with E-state index in [1.807, 2.05) is 36.4 Å². The van der Waals surface area contributed by atoms with Gasteiger partial charge >= 0.3 is 0 Å². The monoisotopic (exact) mass is 388 g/mol. The Kier molecular flexibility index (Phi) is 5.16. The van der Waals surface area contributed by atoms with Crippen molar-refractivity contribution < 1.29 is 4.79 Å². The zero-order valence-electron chi connectivity index (χ0n) is 16.6. The minimum absolute atomic E-state index is 0.251. The topological polar surface area (TPSA) is 79.8 Å². The highest BCUT2D eigenvalue weighted by Crippen LogP contribution is 2.18. The van der Waals surface area contributed by atoms with E-state index in [4.69, 9.17) is 4.98 Å². The van der Waals surface area contributed by atoms with Gasteiger partial charge in [-0.15, -0.1) is 0 Å². The minimum atomic E-state index is -0.285. The average molecular weight is 388 g/mol. The maximum Gasteiger partial charge on any atom is 0.252 e. The van der Waals surface area contributed by atoms with Gasteiger partial charge in [0.25, 0.3) is 5.91 Å². The fourth-order valence-corrected chi connectivity index (χ4v) is 3.66. The molecule has 2 aromatic heterocycles. The van der Waals surface area contributed by atoms with Crippen LogP contribution in [0, 0.1) is 5.92 Å². The van der Waals surface area contributed by atoms with E-state index in [9.17, 15) is 9.59 Å². The third kappa shape index (κ3) is 3.92. The van der Waals surface area contributed by atoms with E-state index in [-0.39, 0.29) is 11.5 Å². The number of hydrogen-bond acceptors (Lipinski definition) is 3. The summed E-state index contributed by atoms with van der Waals surface area (Å²) >= 11 is 0. The van der Waals surface area contributed by atoms with Gasteiger partial charge in [0.15, 0.2) is 0 Å². The number of carbonyl (C=O) groups excluding carboxylic acids is 1. The lowest BCUT2D eigenvalue weighted by Gasteiger charge is -2.12. The molecule has 0 saturated carbocycles. The van der Waals surface area contributed by atoms with Gasteiger partial charge < -0.3 is 14.9 Å². The van der Waals surface area contributed by atoms with Gasteiger partial charge in [-0.1, -0.05) is 44.2 Å². The number of benzene rings is 2. The molecule has 29 heavy (non-hydrogen) atoms. The van der Waals surface area contributed by atoms with Crippen molar-refractivity contribution in [1.29, 1.82) is 0 Å². The number of aromatic amines is 1. The van der Waals surface area contributed by atoms with Crippen molar-refractivity contribution in [3.63, 3.8) is 0 Å². The molecule has 2 heterocycles. The number of aromatic nitrogens is 3. The van der Waals surface area contributed by atoms with Gasteiger partial charge in [-0.3, -0.25) is 9.59 Å². The number of fused-ring (bicyclic) bond motifs is 2. The van der Waals surface area contributed by atoms with Crippen molar-refractivity contribution in [2.24, 2.45) is 5.92 Å². The van der Waals surface area contributed by atoms with E-state index in [0.29, 0.717) is 30.0 Å². The third-order valence-electron chi connectivity index (χ3n) is 4.91. The number of para-hydroxylation sites is 3. The maximum atomic E-state index is 12.7. The zero-order valence-corrected chi connectivity index (χ0v) is 16.6. The molecule has 6 nitrogen and oxygen atoms in total. The molecule has 0 spiro atoms. The van der Waals surface area contributed by atoms with E-state index in [0.717, 1.165) is 28.8 Å². The molecule has 0 unspecified atom stereocenters. The molecule has 0 radical (unpaired) electrons. The predicted molar refractivity (Wildman–Crippen MR) is 115 cm³/mol. The van der Waals surface area contributed by atoms with Gasteiger partial charge in [-0.05, 0) is 24.1 Å². The number of carbonyl (C=O) groups is 1. The highest BCUT2D eigenvalue weighted by atomic mass is 16.2. The average Bonchev–Trinajstić information content (AvgIpc) is 3.04. The van der Waals surface area contributed by atoms with Gasteiger partial charge in [0, 0.05) is 36.5 Å². The summed E-state index contributed by atoms with van der Waals surface area (Å²) in [6, 6.07) is 16.8. The summed E-state index contributed by atoms with van der Waals surface area (Å²) in [6.07, 6.45) is 0.619. The molecule has 0 aliphatic heterocycles. The van der Waals surface area contributed by atoms with Crippen LogP contribution in [0.2, 0.25) is 0 Å². The van der Waals surface area contributed by atoms with Crippen molar-refractivity contribution in [1.82, 2.24) is 19.9 Å². The fourth-order valence-electron chi connectivity index (χ4n) is 3.66. The third-order valence-corrected chi connectivity index (χ3v) is 4.91. The highest BCUT2D eigenvalue weighted by Gasteiger charge is 2.14. The van der Waals surface area contributed by atoms with Crippen LogP contribution in [0.25, 0.3) is 21.9 Å². The van der Waals surface area contributed by atoms with Gasteiger partial charge in [0.05, 0.1) is 16.6 Å². The molecule has 0 saturated heterocycles. The van der Waals surface area contributed by atoms with Gasteiger partial charge in [-0.2, -0.15) is 0 Å². The Balaban J connectivity index is 1.54. The van der Waals surface area contributed by atoms with E-state index in [1.165, 1.54) is 6.07 Å². The van der Waals surface area contributed by atoms with E-state index < -0.39 is 0 Å². The van der Waals surface area contributed by atoms with Crippen molar-refractivity contribution in [2.45, 2.75) is 26.8 Å². The number of nitrogens with one attached hydrogen (secondary N) is 2. The number of amides is 1. The molecule has 0 aliphatic carbocycles. The normalized spacial score (nSPS) is 11.4. The van der Waals surface area contributed by atoms with Crippen molar-refractivity contribution in [3.05, 3.63) is 76.3 Å². The first-order chi connectivity index (χ1) is 14.0. The molecule has 2 aromatic carbocycles. The summed E-state index contributed by atoms with van der Waals surface area (Å²) in [6.45, 7) is 5.68. The first-order valence-corrected chi connectivity index (χ1v) is 9.87. The molecule has 0 aliphatic rings. The molecule has 4 rings (SSSR count). The first-order valence-electron chi connectivity index (χ1n) is 9.87. The van der Waals surface area contributed by atoms with Crippen LogP contribution in [0.3, 0.4) is 0 Å². The van der Waals surface area contributed by atoms with Gasteiger partial charge in [-0.25, -0.2) is 4.98 Å². The molecule has 0 fully saturated rings. The molecule has 4 aromatic rings. The van der Waals surface area contributed by atoms with E-state index in [2.05, 4.69) is 34.8 Å². The van der Waals surface area contributed by atoms with Crippen LogP contribution in [-0.2, 0) is 13.0 Å². The minimum Gasteiger partial charge on any atom is -0.352 e. The zero-order chi connectivity index (χ0) is 20.4. The lowest BCUT2D eigenvalue weighted by Crippen LogP contribution is -2.28. The lowest BCUT2D eigenvalue weighted by atomic mass is 10.1. The van der Waals surface area contributed by atoms with Crippen molar-refractivity contribution >= 4 is 27.8 Å². The number of pyridine rings is 1. The van der Waals surface area contributed by atoms with Crippen molar-refractivity contribution in [3.8, 4) is 0 Å². The molecule has 6 heteroatoms. The Morgan fingerprint density at radius 2 is 1.90 bits per heavy atom. The van der Waals surface area contributed by atoms with Gasteiger partial charge in [0.2, 0.25) is 5.56 Å². The SMILES string of the molecule is CC(C)Cn1c(CCNC(=O)c2cc(=O)[nH]c3ccccc23)nc2ccccc21. The maximum absolute atomic E-state index is 12.7. The Morgan fingerprint density at radius 1 is 1.14 bits per heavy atom. The van der Waals surface area contributed by atoms with Crippen molar-refractivity contribution in [2.75, 3.05) is 6.54 Å². The Bertz CT molecular complexity index is 1240. The second-order valence-electron chi connectivity index (χ2n) is 7.62. The summed E-state index contributed by atoms with van der Waals surface area (Å²) in [5.41, 5.74) is 2.84. The number of nitrogens with zero attached hydrogens (tertiary/aromatic N) is 2. The number of hydrogen-bond donors (Lipinski definition) is 2. The smallest absolute Gasteiger partial charge is 0.252 e. The second-order valence-corrected chi connectivity index (χ2v) is 7.62. The second kappa shape index (κ2) is 7.91. The molecule has 0 atom stereocenters. The van der Waals surface area contributed by atoms with Crippen LogP contribution in [0.15, 0.2) is 59.4 Å². The molecule has 2 N–H and O–H groups in total. The van der Waals surface area contributed by atoms with E-state index in [1.54, 1.807) is 6.07 Å². The summed E-state index contributed by atoms with van der Waals surface area (Å²) in [7, 11) is 0. The Hall–Kier alpha value is -3.41. The van der Waals surface area contributed by atoms with Crippen LogP contribution in [0.5, 0.6) is 0 Å². The van der Waals surface area contributed by atoms with Crippen LogP contribution < -0.4 is 10.9 Å². The van der Waals surface area contributed by atoms with Gasteiger partial charge in [0.1, 0.15) is 5.82 Å². The van der Waals surface area contributed by atoms with Crippen LogP contribution >= 0.6 is 0 Å². The van der Waals surface area contributed by atoms with Crippen LogP contribution in [0.4, 0.5) is 0 Å². The first kappa shape index (κ1) is 18.9. The molecule has 1 amide bonds. The van der Waals surface area contributed by atoms with Crippen LogP contribution in [-0.4, -0.2) is 27.0 Å². The quantitative estimate of drug-likeness (QED) is 0.530. The lowest BCUT2D eigenvalue weighted by molar-refractivity contribution is 0.0955. The molecule has 148 valence electrons. The summed E-state index contributed by atoms with van der Waals surface area (Å²) in [4.78, 5) is 32.2. The Morgan fingerprint density at radius 3 is 2.72 bits per heavy atom. The summed E-state index contributed by atoms with van der Waals surface area (Å²) in [5, 5.41) is 3.68. The van der Waals surface area contributed by atoms with Crippen LogP contribution in [0.1, 0.15) is 30.0 Å². The number of H-pyrrole nitrogens is 1. The largest absolute Gasteiger partial charge is 0.352 e. The number of rotatable bonds is 6. The summed E-state index contributed by atoms with van der Waals surface area (Å²) < 4.78 is 2.23. The Labute approximate surface area is 168 Å². The fraction of sp³-hybridized carbons (Fsp3) is 0.261. The highest BCUT2D eigenvalue weighted by molar-refractivity contribution is 6.05. The number of imidazole rings is 1. The van der Waals surface area contributed by atoms with E-state index >= 15 is 0 Å². The standard InChI is InChI=1S/C23H24N4O2/c1-15(2)14-27-20-10-6-5-9-19(20)25-21(27)11-12-24-23(29)17-13-22(28)26-18-8-4-3-7-16(17)18/h3-10,13,15H,11-12,14H2,1-2H3,(H,24,29)(H,26,28). The molecular formula is C23H24N4O2. The molecular weight excluding hydrogens is 364 g/mol.